The molecule has 0 aromatic rings. The van der Waals surface area contributed by atoms with Crippen molar-refractivity contribution in [2.45, 2.75) is 58.3 Å². The monoisotopic (exact) mass is 276 g/mol. The van der Waals surface area contributed by atoms with Gasteiger partial charge in [-0.25, -0.2) is 4.79 Å². The Labute approximate surface area is 123 Å². The molecule has 2 fully saturated rings. The Balaban J connectivity index is 1.73. The van der Waals surface area contributed by atoms with E-state index in [1.807, 2.05) is 6.08 Å². The van der Waals surface area contributed by atoms with E-state index in [1.54, 1.807) is 0 Å². The normalized spacial score (nSPS) is 35.6. The van der Waals surface area contributed by atoms with Gasteiger partial charge >= 0.3 is 5.97 Å². The molecule has 2 aliphatic rings. The fourth-order valence-corrected chi connectivity index (χ4v) is 4.11. The Bertz CT molecular complexity index is 354. The predicted octanol–water partition coefficient (Wildman–Crippen LogP) is 4.82. The van der Waals surface area contributed by atoms with Crippen LogP contribution in [0, 0.1) is 23.7 Å². The van der Waals surface area contributed by atoms with E-state index < -0.39 is 5.97 Å². The summed E-state index contributed by atoms with van der Waals surface area (Å²) in [6.07, 6.45) is 18.3. The van der Waals surface area contributed by atoms with Gasteiger partial charge in [-0.2, -0.15) is 0 Å². The first-order chi connectivity index (χ1) is 9.69. The second kappa shape index (κ2) is 7.66. The van der Waals surface area contributed by atoms with E-state index in [9.17, 15) is 4.79 Å². The van der Waals surface area contributed by atoms with Gasteiger partial charge in [0.2, 0.25) is 0 Å². The summed E-state index contributed by atoms with van der Waals surface area (Å²) in [5, 5.41) is 8.68. The van der Waals surface area contributed by atoms with Gasteiger partial charge in [0.1, 0.15) is 0 Å². The van der Waals surface area contributed by atoms with Crippen LogP contribution in [-0.2, 0) is 4.79 Å². The van der Waals surface area contributed by atoms with E-state index in [0.717, 1.165) is 17.8 Å². The molecule has 0 heterocycles. The van der Waals surface area contributed by atoms with Gasteiger partial charge < -0.3 is 5.11 Å². The third-order valence-corrected chi connectivity index (χ3v) is 5.28. The molecule has 0 atom stereocenters. The number of allylic oxidation sites excluding steroid dienone is 3. The minimum atomic E-state index is -0.811. The Morgan fingerprint density at radius 2 is 1.30 bits per heavy atom. The van der Waals surface area contributed by atoms with Crippen molar-refractivity contribution in [2.75, 3.05) is 0 Å². The summed E-state index contributed by atoms with van der Waals surface area (Å²) < 4.78 is 0. The molecule has 20 heavy (non-hydrogen) atoms. The van der Waals surface area contributed by atoms with Crippen molar-refractivity contribution in [3.05, 3.63) is 24.3 Å². The van der Waals surface area contributed by atoms with Crippen LogP contribution < -0.4 is 0 Å². The highest BCUT2D eigenvalue weighted by atomic mass is 16.4. The standard InChI is InChI=1S/C18H28O2/c1-2-3-14-4-9-16(10-5-14)17-11-6-15(7-12-17)8-13-18(19)20/h2-3,8,13-17H,4-7,9-12H2,1H3,(H,19,20)/b3-2+,13-8+. The molecule has 112 valence electrons. The number of carbonyl (C=O) groups is 1. The van der Waals surface area contributed by atoms with E-state index >= 15 is 0 Å². The third-order valence-electron chi connectivity index (χ3n) is 5.28. The number of carboxylic acid groups (broad SMARTS) is 1. The summed E-state index contributed by atoms with van der Waals surface area (Å²) >= 11 is 0. The molecular weight excluding hydrogens is 248 g/mol. The highest BCUT2D eigenvalue weighted by molar-refractivity contribution is 5.79. The molecule has 0 amide bonds. The van der Waals surface area contributed by atoms with Crippen molar-refractivity contribution in [3.63, 3.8) is 0 Å². The molecule has 2 saturated carbocycles. The van der Waals surface area contributed by atoms with Gasteiger partial charge in [0.15, 0.2) is 0 Å². The average Bonchev–Trinajstić information content (AvgIpc) is 2.47. The van der Waals surface area contributed by atoms with Crippen molar-refractivity contribution in [2.24, 2.45) is 23.7 Å². The molecule has 2 heteroatoms. The van der Waals surface area contributed by atoms with Crippen molar-refractivity contribution in [3.8, 4) is 0 Å². The first-order valence-electron chi connectivity index (χ1n) is 8.23. The fraction of sp³-hybridized carbons (Fsp3) is 0.722. The molecule has 0 saturated heterocycles. The van der Waals surface area contributed by atoms with Crippen LogP contribution in [0.2, 0.25) is 0 Å². The Kier molecular flexibility index (Phi) is 5.87. The molecule has 2 nitrogen and oxygen atoms in total. The molecule has 0 spiro atoms. The van der Waals surface area contributed by atoms with Crippen LogP contribution in [0.4, 0.5) is 0 Å². The van der Waals surface area contributed by atoms with Crippen LogP contribution in [-0.4, -0.2) is 11.1 Å². The Hall–Kier alpha value is -1.05. The van der Waals surface area contributed by atoms with Gasteiger partial charge in [-0.15, -0.1) is 0 Å². The summed E-state index contributed by atoms with van der Waals surface area (Å²) in [4.78, 5) is 10.5. The van der Waals surface area contributed by atoms with Crippen LogP contribution in [0.15, 0.2) is 24.3 Å². The maximum atomic E-state index is 10.5. The Morgan fingerprint density at radius 1 is 0.850 bits per heavy atom. The number of carboxylic acids is 1. The number of aliphatic carboxylic acids is 1. The van der Waals surface area contributed by atoms with E-state index in [4.69, 9.17) is 5.11 Å². The van der Waals surface area contributed by atoms with Crippen molar-refractivity contribution in [1.82, 2.24) is 0 Å². The molecule has 2 rings (SSSR count). The van der Waals surface area contributed by atoms with E-state index in [1.165, 1.54) is 57.4 Å². The van der Waals surface area contributed by atoms with Gasteiger partial charge in [0.05, 0.1) is 0 Å². The lowest BCUT2D eigenvalue weighted by molar-refractivity contribution is -0.131. The van der Waals surface area contributed by atoms with E-state index in [0.29, 0.717) is 5.92 Å². The quantitative estimate of drug-likeness (QED) is 0.590. The fourth-order valence-electron chi connectivity index (χ4n) is 4.11. The van der Waals surface area contributed by atoms with Gasteiger partial charge in [-0.3, -0.25) is 0 Å². The minimum Gasteiger partial charge on any atom is -0.478 e. The van der Waals surface area contributed by atoms with Gasteiger partial charge in [0, 0.05) is 6.08 Å². The zero-order valence-electron chi connectivity index (χ0n) is 12.6. The minimum absolute atomic E-state index is 0.502. The maximum absolute atomic E-state index is 10.5. The summed E-state index contributed by atoms with van der Waals surface area (Å²) in [6, 6.07) is 0. The van der Waals surface area contributed by atoms with Crippen molar-refractivity contribution in [1.29, 1.82) is 0 Å². The highest BCUT2D eigenvalue weighted by Crippen LogP contribution is 2.41. The number of hydrogen-bond donors (Lipinski definition) is 1. The summed E-state index contributed by atoms with van der Waals surface area (Å²) in [5.41, 5.74) is 0. The van der Waals surface area contributed by atoms with Gasteiger partial charge in [-0.1, -0.05) is 18.2 Å². The molecule has 0 aromatic carbocycles. The number of rotatable bonds is 4. The van der Waals surface area contributed by atoms with Crippen LogP contribution in [0.1, 0.15) is 58.3 Å². The lowest BCUT2D eigenvalue weighted by Gasteiger charge is -2.36. The lowest BCUT2D eigenvalue weighted by atomic mass is 9.69. The first kappa shape index (κ1) is 15.3. The first-order valence-corrected chi connectivity index (χ1v) is 8.23. The smallest absolute Gasteiger partial charge is 0.327 e. The van der Waals surface area contributed by atoms with E-state index in [-0.39, 0.29) is 0 Å². The summed E-state index contributed by atoms with van der Waals surface area (Å²) in [7, 11) is 0. The zero-order valence-corrected chi connectivity index (χ0v) is 12.6. The second-order valence-corrected chi connectivity index (χ2v) is 6.57. The molecule has 0 unspecified atom stereocenters. The molecule has 0 radical (unpaired) electrons. The third kappa shape index (κ3) is 4.50. The summed E-state index contributed by atoms with van der Waals surface area (Å²) in [5.74, 6) is 2.35. The van der Waals surface area contributed by atoms with Crippen molar-refractivity contribution < 1.29 is 9.90 Å². The maximum Gasteiger partial charge on any atom is 0.327 e. The number of hydrogen-bond acceptors (Lipinski definition) is 1. The van der Waals surface area contributed by atoms with Crippen LogP contribution >= 0.6 is 0 Å². The predicted molar refractivity (Wildman–Crippen MR) is 82.5 cm³/mol. The molecular formula is C18H28O2. The SMILES string of the molecule is C/C=C/C1CCC(C2CCC(/C=C/C(=O)O)CC2)CC1. The molecule has 0 aromatic heterocycles. The second-order valence-electron chi connectivity index (χ2n) is 6.57. The highest BCUT2D eigenvalue weighted by Gasteiger charge is 2.29. The van der Waals surface area contributed by atoms with Gasteiger partial charge in [0.25, 0.3) is 0 Å². The molecule has 0 bridgehead atoms. The Morgan fingerprint density at radius 3 is 1.70 bits per heavy atom. The van der Waals surface area contributed by atoms with Crippen LogP contribution in [0.25, 0.3) is 0 Å². The topological polar surface area (TPSA) is 37.3 Å². The van der Waals surface area contributed by atoms with Crippen LogP contribution in [0.5, 0.6) is 0 Å². The van der Waals surface area contributed by atoms with Crippen molar-refractivity contribution >= 4 is 5.97 Å². The van der Waals surface area contributed by atoms with Crippen LogP contribution in [0.3, 0.4) is 0 Å². The molecule has 1 N–H and O–H groups in total. The largest absolute Gasteiger partial charge is 0.478 e. The summed E-state index contributed by atoms with van der Waals surface area (Å²) in [6.45, 7) is 2.12. The molecule has 2 aliphatic carbocycles. The average molecular weight is 276 g/mol. The lowest BCUT2D eigenvalue weighted by Crippen LogP contribution is -2.25. The van der Waals surface area contributed by atoms with E-state index in [2.05, 4.69) is 19.1 Å². The zero-order chi connectivity index (χ0) is 14.4. The van der Waals surface area contributed by atoms with Gasteiger partial charge in [-0.05, 0) is 82.0 Å². The molecule has 0 aliphatic heterocycles.